The molecule has 0 aromatic carbocycles. The van der Waals surface area contributed by atoms with Crippen LogP contribution in [0, 0.1) is 5.92 Å². The van der Waals surface area contributed by atoms with Crippen molar-refractivity contribution in [3.63, 3.8) is 0 Å². The third-order valence-electron chi connectivity index (χ3n) is 5.08. The number of nitrogens with zero attached hydrogens (tertiary/aromatic N) is 1. The van der Waals surface area contributed by atoms with E-state index in [9.17, 15) is 8.42 Å². The zero-order valence-electron chi connectivity index (χ0n) is 11.7. The van der Waals surface area contributed by atoms with E-state index >= 15 is 0 Å². The molecule has 0 amide bonds. The molecule has 0 aromatic rings. The Hall–Kier alpha value is -0.130. The highest BCUT2D eigenvalue weighted by atomic mass is 32.2. The van der Waals surface area contributed by atoms with Crippen molar-refractivity contribution in [2.24, 2.45) is 5.92 Å². The fourth-order valence-corrected chi connectivity index (χ4v) is 6.53. The van der Waals surface area contributed by atoms with Crippen molar-refractivity contribution in [2.45, 2.75) is 63.5 Å². The molecule has 4 nitrogen and oxygen atoms in total. The lowest BCUT2D eigenvalue weighted by Crippen LogP contribution is -2.44. The predicted molar refractivity (Wildman–Crippen MR) is 76.5 cm³/mol. The quantitative estimate of drug-likeness (QED) is 0.859. The monoisotopic (exact) mass is 286 g/mol. The van der Waals surface area contributed by atoms with Gasteiger partial charge in [-0.05, 0) is 44.6 Å². The first-order valence-electron chi connectivity index (χ1n) is 7.89. The third-order valence-corrected chi connectivity index (χ3v) is 7.21. The summed E-state index contributed by atoms with van der Waals surface area (Å²) in [5.41, 5.74) is 0. The summed E-state index contributed by atoms with van der Waals surface area (Å²) in [6.45, 7) is 1.82. The molecule has 2 aliphatic heterocycles. The van der Waals surface area contributed by atoms with Gasteiger partial charge in [0.15, 0.2) is 0 Å². The van der Waals surface area contributed by atoms with Crippen LogP contribution in [0.3, 0.4) is 0 Å². The molecule has 0 spiro atoms. The lowest BCUT2D eigenvalue weighted by Gasteiger charge is -2.30. The normalized spacial score (nSPS) is 34.3. The van der Waals surface area contributed by atoms with Crippen LogP contribution in [0.25, 0.3) is 0 Å². The number of nitrogens with one attached hydrogen (secondary N) is 1. The summed E-state index contributed by atoms with van der Waals surface area (Å²) in [5, 5.41) is 3.38. The second-order valence-electron chi connectivity index (χ2n) is 6.49. The molecule has 0 radical (unpaired) electrons. The highest BCUT2D eigenvalue weighted by Crippen LogP contribution is 2.33. The molecule has 3 aliphatic rings. The third kappa shape index (κ3) is 2.98. The molecular formula is C14H26N2O2S. The molecule has 5 heteroatoms. The van der Waals surface area contributed by atoms with Crippen LogP contribution in [0.2, 0.25) is 0 Å². The maximum Gasteiger partial charge on any atom is 0.214 e. The minimum absolute atomic E-state index is 0.223. The maximum atomic E-state index is 12.8. The van der Waals surface area contributed by atoms with Crippen molar-refractivity contribution < 1.29 is 8.42 Å². The maximum absolute atomic E-state index is 12.8. The van der Waals surface area contributed by atoms with Crippen molar-refractivity contribution in [3.05, 3.63) is 0 Å². The minimum atomic E-state index is -3.05. The van der Waals surface area contributed by atoms with Crippen LogP contribution in [0.15, 0.2) is 0 Å². The van der Waals surface area contributed by atoms with Gasteiger partial charge in [0.25, 0.3) is 0 Å². The number of hydrogen-bond donors (Lipinski definition) is 1. The lowest BCUT2D eigenvalue weighted by molar-refractivity contribution is 0.322. The highest BCUT2D eigenvalue weighted by Gasteiger charge is 2.42. The molecule has 1 N–H and O–H groups in total. The Kier molecular flexibility index (Phi) is 4.15. The Morgan fingerprint density at radius 3 is 2.47 bits per heavy atom. The second kappa shape index (κ2) is 5.70. The van der Waals surface area contributed by atoms with E-state index in [1.807, 2.05) is 4.31 Å². The van der Waals surface area contributed by atoms with E-state index in [1.54, 1.807) is 0 Å². The van der Waals surface area contributed by atoms with E-state index < -0.39 is 10.0 Å². The van der Waals surface area contributed by atoms with Gasteiger partial charge in [-0.1, -0.05) is 19.3 Å². The number of rotatable bonds is 3. The van der Waals surface area contributed by atoms with Crippen LogP contribution in [-0.4, -0.2) is 43.6 Å². The lowest BCUT2D eigenvalue weighted by atomic mass is 9.91. The number of fused-ring (bicyclic) bond motifs is 2. The van der Waals surface area contributed by atoms with E-state index in [1.165, 1.54) is 19.3 Å². The van der Waals surface area contributed by atoms with E-state index in [0.29, 0.717) is 11.7 Å². The van der Waals surface area contributed by atoms with E-state index in [-0.39, 0.29) is 12.1 Å². The molecule has 1 saturated carbocycles. The van der Waals surface area contributed by atoms with Gasteiger partial charge >= 0.3 is 0 Å². The molecule has 3 fully saturated rings. The fraction of sp³-hybridized carbons (Fsp3) is 1.00. The van der Waals surface area contributed by atoms with Gasteiger partial charge in [-0.15, -0.1) is 0 Å². The van der Waals surface area contributed by atoms with Gasteiger partial charge in [0, 0.05) is 18.6 Å². The molecular weight excluding hydrogens is 260 g/mol. The molecule has 2 saturated heterocycles. The molecule has 0 aromatic heterocycles. The molecule has 1 aliphatic carbocycles. The van der Waals surface area contributed by atoms with Gasteiger partial charge in [0.1, 0.15) is 0 Å². The van der Waals surface area contributed by atoms with Crippen LogP contribution in [0.4, 0.5) is 0 Å². The van der Waals surface area contributed by atoms with Gasteiger partial charge < -0.3 is 5.32 Å². The molecule has 2 bridgehead atoms. The molecule has 3 rings (SSSR count). The van der Waals surface area contributed by atoms with Crippen molar-refractivity contribution >= 4 is 10.0 Å². The first-order chi connectivity index (χ1) is 9.17. The predicted octanol–water partition coefficient (Wildman–Crippen LogP) is 1.72. The van der Waals surface area contributed by atoms with Crippen molar-refractivity contribution in [1.82, 2.24) is 9.62 Å². The van der Waals surface area contributed by atoms with Crippen molar-refractivity contribution in [2.75, 3.05) is 18.8 Å². The van der Waals surface area contributed by atoms with Gasteiger partial charge in [0.2, 0.25) is 10.0 Å². The van der Waals surface area contributed by atoms with Crippen LogP contribution in [0.5, 0.6) is 0 Å². The van der Waals surface area contributed by atoms with Crippen LogP contribution in [0.1, 0.15) is 51.4 Å². The van der Waals surface area contributed by atoms with E-state index in [0.717, 1.165) is 45.2 Å². The SMILES string of the molecule is O=S(=O)(CC1CCCCC1)N1C2CCNCC1CC2. The molecule has 110 valence electrons. The topological polar surface area (TPSA) is 49.4 Å². The summed E-state index contributed by atoms with van der Waals surface area (Å²) in [5.74, 6) is 0.814. The Morgan fingerprint density at radius 2 is 1.68 bits per heavy atom. The molecule has 2 atom stereocenters. The minimum Gasteiger partial charge on any atom is -0.315 e. The summed E-state index contributed by atoms with van der Waals surface area (Å²) in [4.78, 5) is 0. The van der Waals surface area contributed by atoms with Gasteiger partial charge in [-0.3, -0.25) is 0 Å². The zero-order chi connectivity index (χ0) is 13.3. The molecule has 2 unspecified atom stereocenters. The average molecular weight is 286 g/mol. The smallest absolute Gasteiger partial charge is 0.214 e. The highest BCUT2D eigenvalue weighted by molar-refractivity contribution is 7.89. The van der Waals surface area contributed by atoms with Crippen LogP contribution < -0.4 is 5.32 Å². The summed E-state index contributed by atoms with van der Waals surface area (Å²) < 4.78 is 27.4. The summed E-state index contributed by atoms with van der Waals surface area (Å²) in [7, 11) is -3.05. The van der Waals surface area contributed by atoms with Gasteiger partial charge in [0.05, 0.1) is 5.75 Å². The van der Waals surface area contributed by atoms with Crippen molar-refractivity contribution in [1.29, 1.82) is 0 Å². The molecule has 2 heterocycles. The Balaban J connectivity index is 1.71. The van der Waals surface area contributed by atoms with Crippen molar-refractivity contribution in [3.8, 4) is 0 Å². The Morgan fingerprint density at radius 1 is 0.947 bits per heavy atom. The Labute approximate surface area is 117 Å². The zero-order valence-corrected chi connectivity index (χ0v) is 12.5. The van der Waals surface area contributed by atoms with E-state index in [2.05, 4.69) is 5.32 Å². The van der Waals surface area contributed by atoms with Gasteiger partial charge in [-0.25, -0.2) is 8.42 Å². The first-order valence-corrected chi connectivity index (χ1v) is 9.49. The summed E-state index contributed by atoms with van der Waals surface area (Å²) in [6.07, 6.45) is 9.04. The summed E-state index contributed by atoms with van der Waals surface area (Å²) in [6, 6.07) is 0.495. The second-order valence-corrected chi connectivity index (χ2v) is 8.41. The number of sulfonamides is 1. The van der Waals surface area contributed by atoms with Crippen LogP contribution >= 0.6 is 0 Å². The Bertz CT molecular complexity index is 390. The summed E-state index contributed by atoms with van der Waals surface area (Å²) >= 11 is 0. The average Bonchev–Trinajstić information content (AvgIpc) is 2.64. The van der Waals surface area contributed by atoms with Gasteiger partial charge in [-0.2, -0.15) is 4.31 Å². The standard InChI is InChI=1S/C14H26N2O2S/c17-19(18,11-12-4-2-1-3-5-12)16-13-6-7-14(16)10-15-9-8-13/h12-15H,1-11H2. The largest absolute Gasteiger partial charge is 0.315 e. The van der Waals surface area contributed by atoms with Crippen LogP contribution in [-0.2, 0) is 10.0 Å². The fourth-order valence-electron chi connectivity index (χ4n) is 4.13. The number of hydrogen-bond acceptors (Lipinski definition) is 3. The first kappa shape index (κ1) is 13.8. The van der Waals surface area contributed by atoms with E-state index in [4.69, 9.17) is 0 Å². The molecule has 19 heavy (non-hydrogen) atoms.